The first kappa shape index (κ1) is 13.6. The second-order valence-electron chi connectivity index (χ2n) is 4.30. The lowest BCUT2D eigenvalue weighted by atomic mass is 10.0. The van der Waals surface area contributed by atoms with E-state index >= 15 is 0 Å². The van der Waals surface area contributed by atoms with Gasteiger partial charge in [-0.05, 0) is 29.5 Å². The second-order valence-corrected chi connectivity index (χ2v) is 5.96. The smallest absolute Gasteiger partial charge is 0.172 e. The van der Waals surface area contributed by atoms with Gasteiger partial charge in [-0.1, -0.05) is 53.5 Å². The fraction of sp³-hybridized carbons (Fsp3) is 0.0667. The SMILES string of the molecule is Cc1ccccc1-c1c(Cl)nc(-c2cccs2)nc1Cl. The summed E-state index contributed by atoms with van der Waals surface area (Å²) in [5.41, 5.74) is 2.73. The second kappa shape index (κ2) is 5.52. The minimum atomic E-state index is 0.378. The van der Waals surface area contributed by atoms with Gasteiger partial charge in [-0.25, -0.2) is 9.97 Å². The van der Waals surface area contributed by atoms with Crippen molar-refractivity contribution in [3.63, 3.8) is 0 Å². The summed E-state index contributed by atoms with van der Waals surface area (Å²) in [6.45, 7) is 2.01. The van der Waals surface area contributed by atoms with Crippen molar-refractivity contribution in [1.29, 1.82) is 0 Å². The van der Waals surface area contributed by atoms with Crippen LogP contribution in [0.2, 0.25) is 10.3 Å². The van der Waals surface area contributed by atoms with Crippen molar-refractivity contribution in [3.8, 4) is 21.8 Å². The lowest BCUT2D eigenvalue weighted by Gasteiger charge is -2.10. The van der Waals surface area contributed by atoms with Gasteiger partial charge in [0.05, 0.1) is 10.4 Å². The molecule has 0 radical (unpaired) electrons. The zero-order valence-electron chi connectivity index (χ0n) is 10.6. The van der Waals surface area contributed by atoms with Gasteiger partial charge < -0.3 is 0 Å². The normalized spacial score (nSPS) is 10.8. The number of hydrogen-bond donors (Lipinski definition) is 0. The first-order valence-electron chi connectivity index (χ1n) is 5.99. The Labute approximate surface area is 131 Å². The van der Waals surface area contributed by atoms with E-state index in [0.29, 0.717) is 21.7 Å². The van der Waals surface area contributed by atoms with Crippen LogP contribution in [0.3, 0.4) is 0 Å². The van der Waals surface area contributed by atoms with Crippen LogP contribution in [0.4, 0.5) is 0 Å². The third-order valence-electron chi connectivity index (χ3n) is 2.98. The van der Waals surface area contributed by atoms with Crippen LogP contribution >= 0.6 is 34.5 Å². The van der Waals surface area contributed by atoms with Crippen LogP contribution in [0, 0.1) is 6.92 Å². The van der Waals surface area contributed by atoms with E-state index in [9.17, 15) is 0 Å². The highest BCUT2D eigenvalue weighted by Crippen LogP contribution is 2.36. The summed E-state index contributed by atoms with van der Waals surface area (Å²) in [6.07, 6.45) is 0. The van der Waals surface area contributed by atoms with Crippen LogP contribution < -0.4 is 0 Å². The summed E-state index contributed by atoms with van der Waals surface area (Å²) >= 11 is 14.2. The molecule has 3 aromatic rings. The van der Waals surface area contributed by atoms with Gasteiger partial charge in [0.2, 0.25) is 0 Å². The number of aromatic nitrogens is 2. The number of rotatable bonds is 2. The predicted molar refractivity (Wildman–Crippen MR) is 85.5 cm³/mol. The van der Waals surface area contributed by atoms with E-state index in [0.717, 1.165) is 16.0 Å². The molecule has 0 unspecified atom stereocenters. The molecule has 0 N–H and O–H groups in total. The Morgan fingerprint density at radius 1 is 0.950 bits per heavy atom. The van der Waals surface area contributed by atoms with Gasteiger partial charge in [-0.3, -0.25) is 0 Å². The largest absolute Gasteiger partial charge is 0.215 e. The molecular formula is C15H10Cl2N2S. The monoisotopic (exact) mass is 320 g/mol. The molecule has 20 heavy (non-hydrogen) atoms. The van der Waals surface area contributed by atoms with Gasteiger partial charge in [0.15, 0.2) is 5.82 Å². The van der Waals surface area contributed by atoms with Gasteiger partial charge in [-0.15, -0.1) is 11.3 Å². The van der Waals surface area contributed by atoms with Gasteiger partial charge in [0.25, 0.3) is 0 Å². The maximum absolute atomic E-state index is 6.33. The molecular weight excluding hydrogens is 311 g/mol. The Hall–Kier alpha value is -1.42. The Morgan fingerprint density at radius 2 is 1.65 bits per heavy atom. The van der Waals surface area contributed by atoms with Crippen LogP contribution in [0.25, 0.3) is 21.8 Å². The van der Waals surface area contributed by atoms with Crippen molar-refractivity contribution in [2.45, 2.75) is 6.92 Å². The summed E-state index contributed by atoms with van der Waals surface area (Å²) < 4.78 is 0. The number of aryl methyl sites for hydroxylation is 1. The maximum atomic E-state index is 6.33. The van der Waals surface area contributed by atoms with Crippen molar-refractivity contribution in [2.24, 2.45) is 0 Å². The Balaban J connectivity index is 2.17. The van der Waals surface area contributed by atoms with Crippen molar-refractivity contribution < 1.29 is 0 Å². The van der Waals surface area contributed by atoms with Crippen molar-refractivity contribution >= 4 is 34.5 Å². The molecule has 0 aliphatic rings. The Bertz CT molecular complexity index is 731. The van der Waals surface area contributed by atoms with E-state index in [2.05, 4.69) is 9.97 Å². The molecule has 0 aliphatic carbocycles. The number of halogens is 2. The van der Waals surface area contributed by atoms with Crippen molar-refractivity contribution in [1.82, 2.24) is 9.97 Å². The highest BCUT2D eigenvalue weighted by molar-refractivity contribution is 7.13. The molecule has 0 saturated heterocycles. The molecule has 0 amide bonds. The summed E-state index contributed by atoms with van der Waals surface area (Å²) in [4.78, 5) is 9.70. The zero-order valence-corrected chi connectivity index (χ0v) is 12.9. The van der Waals surface area contributed by atoms with Gasteiger partial charge in [-0.2, -0.15) is 0 Å². The van der Waals surface area contributed by atoms with Gasteiger partial charge in [0, 0.05) is 0 Å². The van der Waals surface area contributed by atoms with E-state index in [1.165, 1.54) is 0 Å². The molecule has 2 heterocycles. The molecule has 3 rings (SSSR count). The van der Waals surface area contributed by atoms with Crippen LogP contribution in [0.15, 0.2) is 41.8 Å². The molecule has 1 aromatic carbocycles. The first-order valence-corrected chi connectivity index (χ1v) is 7.63. The maximum Gasteiger partial charge on any atom is 0.172 e. The zero-order chi connectivity index (χ0) is 14.1. The lowest BCUT2D eigenvalue weighted by molar-refractivity contribution is 1.19. The molecule has 5 heteroatoms. The van der Waals surface area contributed by atoms with Crippen molar-refractivity contribution in [2.75, 3.05) is 0 Å². The first-order chi connectivity index (χ1) is 9.66. The Kier molecular flexibility index (Phi) is 3.74. The van der Waals surface area contributed by atoms with E-state index in [1.807, 2.05) is 48.7 Å². The molecule has 0 fully saturated rings. The molecule has 2 nitrogen and oxygen atoms in total. The van der Waals surface area contributed by atoms with E-state index in [4.69, 9.17) is 23.2 Å². The minimum Gasteiger partial charge on any atom is -0.215 e. The molecule has 0 saturated carbocycles. The third-order valence-corrected chi connectivity index (χ3v) is 4.39. The molecule has 2 aromatic heterocycles. The van der Waals surface area contributed by atoms with Crippen LogP contribution in [0.1, 0.15) is 5.56 Å². The molecule has 100 valence electrons. The van der Waals surface area contributed by atoms with Crippen LogP contribution in [-0.4, -0.2) is 9.97 Å². The fourth-order valence-corrected chi connectivity index (χ4v) is 3.25. The lowest BCUT2D eigenvalue weighted by Crippen LogP contribution is -1.94. The highest BCUT2D eigenvalue weighted by Gasteiger charge is 2.16. The van der Waals surface area contributed by atoms with E-state index < -0.39 is 0 Å². The number of nitrogens with zero attached hydrogens (tertiary/aromatic N) is 2. The van der Waals surface area contributed by atoms with Gasteiger partial charge in [0.1, 0.15) is 10.3 Å². The molecule has 0 bridgehead atoms. The van der Waals surface area contributed by atoms with E-state index in [-0.39, 0.29) is 0 Å². The average molecular weight is 321 g/mol. The highest BCUT2D eigenvalue weighted by atomic mass is 35.5. The number of benzene rings is 1. The summed E-state index contributed by atoms with van der Waals surface area (Å²) in [7, 11) is 0. The van der Waals surface area contributed by atoms with Crippen LogP contribution in [0.5, 0.6) is 0 Å². The number of thiophene rings is 1. The molecule has 0 aliphatic heterocycles. The predicted octanol–water partition coefficient (Wildman–Crippen LogP) is 5.49. The number of hydrogen-bond acceptors (Lipinski definition) is 3. The summed E-state index contributed by atoms with van der Waals surface area (Å²) in [6, 6.07) is 11.8. The third kappa shape index (κ3) is 2.44. The fourth-order valence-electron chi connectivity index (χ4n) is 2.00. The molecule has 0 spiro atoms. The topological polar surface area (TPSA) is 25.8 Å². The summed E-state index contributed by atoms with van der Waals surface area (Å²) in [5.74, 6) is 0.562. The standard InChI is InChI=1S/C15H10Cl2N2S/c1-9-5-2-3-6-10(9)12-13(16)18-15(19-14(12)17)11-7-4-8-20-11/h2-8H,1H3. The quantitative estimate of drug-likeness (QED) is 0.583. The van der Waals surface area contributed by atoms with E-state index in [1.54, 1.807) is 11.3 Å². The van der Waals surface area contributed by atoms with Crippen LogP contribution in [-0.2, 0) is 0 Å². The summed E-state index contributed by atoms with van der Waals surface area (Å²) in [5, 5.41) is 2.72. The average Bonchev–Trinajstić information content (AvgIpc) is 2.94. The minimum absolute atomic E-state index is 0.378. The molecule has 0 atom stereocenters. The Morgan fingerprint density at radius 3 is 2.25 bits per heavy atom. The van der Waals surface area contributed by atoms with Gasteiger partial charge >= 0.3 is 0 Å². The van der Waals surface area contributed by atoms with Crippen molar-refractivity contribution in [3.05, 3.63) is 57.6 Å².